The number of rotatable bonds is 5. The van der Waals surface area contributed by atoms with Crippen molar-refractivity contribution in [1.29, 1.82) is 0 Å². The lowest BCUT2D eigenvalue weighted by Gasteiger charge is -2.07. The van der Waals surface area contributed by atoms with Crippen LogP contribution in [0.15, 0.2) is 79.1 Å². The molecule has 0 saturated heterocycles. The van der Waals surface area contributed by atoms with Gasteiger partial charge in [-0.1, -0.05) is 71.9 Å². The van der Waals surface area contributed by atoms with E-state index in [1.54, 1.807) is 48.8 Å². The number of nitrogens with zero attached hydrogens (tertiary/aromatic N) is 1. The van der Waals surface area contributed by atoms with Gasteiger partial charge >= 0.3 is 0 Å². The quantitative estimate of drug-likeness (QED) is 0.269. The summed E-state index contributed by atoms with van der Waals surface area (Å²) in [5, 5.41) is 9.44. The Morgan fingerprint density at radius 3 is 1.77 bits per heavy atom. The molecule has 1 aromatic heterocycles. The minimum absolute atomic E-state index is 0.185. The van der Waals surface area contributed by atoms with Crippen molar-refractivity contribution in [1.82, 2.24) is 4.98 Å². The minimum Gasteiger partial charge on any atom is -0.508 e. The molecular formula is C29H39NO3S2. The highest BCUT2D eigenvalue weighted by molar-refractivity contribution is 7.97. The predicted molar refractivity (Wildman–Crippen MR) is 154 cm³/mol. The first-order chi connectivity index (χ1) is 16.5. The van der Waals surface area contributed by atoms with Gasteiger partial charge in [0, 0.05) is 29.9 Å². The fourth-order valence-electron chi connectivity index (χ4n) is 2.07. The number of aromatic hydroxyl groups is 1. The molecule has 0 fully saturated rings. The van der Waals surface area contributed by atoms with Gasteiger partial charge in [-0.3, -0.25) is 9.78 Å². The average Bonchev–Trinajstić information content (AvgIpc) is 2.80. The van der Waals surface area contributed by atoms with Gasteiger partial charge in [0.25, 0.3) is 0 Å². The van der Waals surface area contributed by atoms with Crippen LogP contribution in [0.25, 0.3) is 0 Å². The second kappa shape index (κ2) is 19.6. The number of benzene rings is 2. The van der Waals surface area contributed by atoms with E-state index in [2.05, 4.69) is 59.2 Å². The van der Waals surface area contributed by atoms with Crippen LogP contribution < -0.4 is 0 Å². The Kier molecular flexibility index (Phi) is 18.1. The molecule has 0 spiro atoms. The fraction of sp³-hybridized carbons (Fsp3) is 0.345. The Morgan fingerprint density at radius 2 is 1.34 bits per heavy atom. The van der Waals surface area contributed by atoms with E-state index in [9.17, 15) is 9.90 Å². The Labute approximate surface area is 222 Å². The lowest BCUT2D eigenvalue weighted by molar-refractivity contribution is 0.109. The molecule has 0 bridgehead atoms. The molecule has 0 radical (unpaired) electrons. The number of aromatic nitrogens is 1. The van der Waals surface area contributed by atoms with Crippen LogP contribution in [0.2, 0.25) is 0 Å². The van der Waals surface area contributed by atoms with Crippen LogP contribution in [0.3, 0.4) is 0 Å². The van der Waals surface area contributed by atoms with E-state index in [0.29, 0.717) is 17.2 Å². The number of pyridine rings is 1. The molecule has 0 aliphatic rings. The van der Waals surface area contributed by atoms with Crippen molar-refractivity contribution in [2.24, 2.45) is 11.8 Å². The predicted octanol–water partition coefficient (Wildman–Crippen LogP) is 7.80. The van der Waals surface area contributed by atoms with Crippen molar-refractivity contribution in [3.63, 3.8) is 0 Å². The van der Waals surface area contributed by atoms with Crippen LogP contribution in [0.1, 0.15) is 63.0 Å². The van der Waals surface area contributed by atoms with Crippen LogP contribution in [0, 0.1) is 11.8 Å². The Balaban J connectivity index is 0.000000563. The zero-order valence-corrected chi connectivity index (χ0v) is 23.4. The summed E-state index contributed by atoms with van der Waals surface area (Å²) in [5.74, 6) is 1.89. The second-order valence-electron chi connectivity index (χ2n) is 8.92. The van der Waals surface area contributed by atoms with Gasteiger partial charge in [-0.25, -0.2) is 0 Å². The zero-order chi connectivity index (χ0) is 26.6. The monoisotopic (exact) mass is 513 g/mol. The normalized spacial score (nSPS) is 9.51. The van der Waals surface area contributed by atoms with E-state index in [4.69, 9.17) is 17.0 Å². The summed E-state index contributed by atoms with van der Waals surface area (Å²) >= 11 is 8.81. The summed E-state index contributed by atoms with van der Waals surface area (Å²) in [6, 6.07) is 19.5. The van der Waals surface area contributed by atoms with Crippen molar-refractivity contribution in [2.45, 2.75) is 48.0 Å². The number of thiocarbonyl (C=S) groups is 1. The summed E-state index contributed by atoms with van der Waals surface area (Å²) in [4.78, 5) is 14.5. The van der Waals surface area contributed by atoms with E-state index in [1.165, 1.54) is 5.56 Å². The molecule has 2 aromatic carbocycles. The number of hydrogen-bond acceptors (Lipinski definition) is 5. The first-order valence-corrected chi connectivity index (χ1v) is 12.5. The lowest BCUT2D eigenvalue weighted by atomic mass is 10.2. The maximum atomic E-state index is 10.5. The second-order valence-corrected chi connectivity index (χ2v) is 9.70. The number of carbonyl (C=O) groups is 1. The molecule has 35 heavy (non-hydrogen) atoms. The van der Waals surface area contributed by atoms with Crippen molar-refractivity contribution >= 4 is 35.0 Å². The smallest absolute Gasteiger partial charge is 0.216 e. The highest BCUT2D eigenvalue weighted by atomic mass is 32.1. The third-order valence-electron chi connectivity index (χ3n) is 3.50. The highest BCUT2D eigenvalue weighted by Crippen LogP contribution is 2.11. The highest BCUT2D eigenvalue weighted by Gasteiger charge is 2.02. The van der Waals surface area contributed by atoms with Gasteiger partial charge in [0.1, 0.15) is 5.75 Å². The van der Waals surface area contributed by atoms with Crippen LogP contribution >= 0.6 is 24.8 Å². The molecule has 3 rings (SSSR count). The summed E-state index contributed by atoms with van der Waals surface area (Å²) in [7, 11) is 0. The number of carbonyl (C=O) groups excluding carboxylic acids is 1. The van der Waals surface area contributed by atoms with Crippen molar-refractivity contribution in [2.75, 3.05) is 6.61 Å². The van der Waals surface area contributed by atoms with Crippen LogP contribution in [-0.2, 0) is 11.2 Å². The average molecular weight is 514 g/mol. The summed E-state index contributed by atoms with van der Waals surface area (Å²) in [6.45, 7) is 13.5. The van der Waals surface area contributed by atoms with Crippen LogP contribution in [0.5, 0.6) is 5.75 Å². The molecule has 0 amide bonds. The SMILES string of the molecule is CC(C)C.CC(C)C.O=C(S)c1ccccc1.Oc1ccc(C(=S)OCCc2ccncc2)cc1. The van der Waals surface area contributed by atoms with Gasteiger partial charge in [0.05, 0.1) is 6.61 Å². The van der Waals surface area contributed by atoms with Gasteiger partial charge in [-0.2, -0.15) is 0 Å². The number of ether oxygens (including phenoxy) is 1. The molecular weight excluding hydrogens is 474 g/mol. The molecule has 0 saturated carbocycles. The maximum absolute atomic E-state index is 10.5. The molecule has 190 valence electrons. The van der Waals surface area contributed by atoms with Gasteiger partial charge in [-0.05, 0) is 66.0 Å². The third-order valence-corrected chi connectivity index (χ3v) is 4.11. The fourth-order valence-corrected chi connectivity index (χ4v) is 2.44. The van der Waals surface area contributed by atoms with E-state index in [-0.39, 0.29) is 10.9 Å². The first kappa shape index (κ1) is 32.3. The Morgan fingerprint density at radius 1 is 0.857 bits per heavy atom. The van der Waals surface area contributed by atoms with Crippen molar-refractivity contribution in [3.8, 4) is 5.75 Å². The number of phenolic OH excluding ortho intramolecular Hbond substituents is 1. The molecule has 1 heterocycles. The van der Waals surface area contributed by atoms with Gasteiger partial charge in [0.2, 0.25) is 5.12 Å². The maximum Gasteiger partial charge on any atom is 0.216 e. The molecule has 0 aliphatic carbocycles. The standard InChI is InChI=1S/C14H13NO2S.C7H6OS.2C4H10/c16-13-3-1-12(2-4-13)14(18)17-10-7-11-5-8-15-9-6-11;8-7(9)6-4-2-1-3-5-6;2*1-4(2)3/h1-6,8-9,16H,7,10H2;1-5H,(H,8,9);2*4H,1-3H3. The minimum atomic E-state index is -0.185. The number of thiol groups is 1. The van der Waals surface area contributed by atoms with E-state index in [1.807, 2.05) is 30.3 Å². The first-order valence-electron chi connectivity index (χ1n) is 11.7. The topological polar surface area (TPSA) is 59.4 Å². The molecule has 0 atom stereocenters. The van der Waals surface area contributed by atoms with Gasteiger partial charge in [-0.15, -0.1) is 12.6 Å². The van der Waals surface area contributed by atoms with Crippen molar-refractivity contribution in [3.05, 3.63) is 95.8 Å². The van der Waals surface area contributed by atoms with Gasteiger partial charge in [0.15, 0.2) is 5.05 Å². The molecule has 1 N–H and O–H groups in total. The van der Waals surface area contributed by atoms with Crippen LogP contribution in [0.4, 0.5) is 0 Å². The van der Waals surface area contributed by atoms with E-state index < -0.39 is 0 Å². The lowest BCUT2D eigenvalue weighted by Crippen LogP contribution is -2.06. The van der Waals surface area contributed by atoms with Crippen LogP contribution in [-0.4, -0.2) is 26.9 Å². The Bertz CT molecular complexity index is 933. The molecule has 0 unspecified atom stereocenters. The van der Waals surface area contributed by atoms with Crippen molar-refractivity contribution < 1.29 is 14.6 Å². The molecule has 0 aliphatic heterocycles. The number of phenols is 1. The molecule has 4 nitrogen and oxygen atoms in total. The van der Waals surface area contributed by atoms with E-state index in [0.717, 1.165) is 23.8 Å². The summed E-state index contributed by atoms with van der Waals surface area (Å²) in [5.41, 5.74) is 2.61. The molecule has 6 heteroatoms. The summed E-state index contributed by atoms with van der Waals surface area (Å²) < 4.78 is 5.50. The molecule has 3 aromatic rings. The Hall–Kier alpha value is -2.70. The summed E-state index contributed by atoms with van der Waals surface area (Å²) in [6.07, 6.45) is 4.31. The van der Waals surface area contributed by atoms with Gasteiger partial charge < -0.3 is 9.84 Å². The largest absolute Gasteiger partial charge is 0.508 e. The zero-order valence-electron chi connectivity index (χ0n) is 21.6. The van der Waals surface area contributed by atoms with E-state index >= 15 is 0 Å². The number of hydrogen-bond donors (Lipinski definition) is 2. The third kappa shape index (κ3) is 19.3.